The van der Waals surface area contributed by atoms with Crippen molar-refractivity contribution in [3.63, 3.8) is 0 Å². The van der Waals surface area contributed by atoms with Gasteiger partial charge in [-0.15, -0.1) is 0 Å². The van der Waals surface area contributed by atoms with Gasteiger partial charge in [-0.3, -0.25) is 4.79 Å². The first-order valence-electron chi connectivity index (χ1n) is 6.79. The molecule has 1 aromatic carbocycles. The standard InChI is InChI=1S/C15H21NO5/c1-10(2)7-8-21-12-5-3-11(4-6-12)14(18)16-13(9-17)15(19)20/h3-6,10,13,17H,7-9H2,1-2H3,(H,16,18)(H,19,20)/p-1/t13-/m1/s1. The molecule has 0 heterocycles. The van der Waals surface area contributed by atoms with E-state index in [9.17, 15) is 14.7 Å². The quantitative estimate of drug-likeness (QED) is 0.700. The average Bonchev–Trinajstić information content (AvgIpc) is 2.44. The SMILES string of the molecule is CC(C)CCOc1ccc(C(=O)N[C@H](CO)C(=O)[O-])cc1. The van der Waals surface area contributed by atoms with Crippen LogP contribution in [0.2, 0.25) is 0 Å². The fraction of sp³-hybridized carbons (Fsp3) is 0.467. The summed E-state index contributed by atoms with van der Waals surface area (Å²) in [5.41, 5.74) is 0.283. The van der Waals surface area contributed by atoms with Crippen molar-refractivity contribution >= 4 is 11.9 Å². The van der Waals surface area contributed by atoms with Crippen LogP contribution in [0, 0.1) is 5.92 Å². The maximum atomic E-state index is 11.8. The Morgan fingerprint density at radius 1 is 1.29 bits per heavy atom. The second kappa shape index (κ2) is 8.26. The van der Waals surface area contributed by atoms with E-state index in [0.717, 1.165) is 6.42 Å². The number of amides is 1. The molecule has 1 aromatic rings. The fourth-order valence-corrected chi connectivity index (χ4v) is 1.54. The number of hydrogen-bond acceptors (Lipinski definition) is 5. The highest BCUT2D eigenvalue weighted by Crippen LogP contribution is 2.13. The van der Waals surface area contributed by atoms with Crippen LogP contribution in [0.4, 0.5) is 0 Å². The second-order valence-corrected chi connectivity index (χ2v) is 5.08. The Hall–Kier alpha value is -2.08. The lowest BCUT2D eigenvalue weighted by Crippen LogP contribution is -2.50. The Morgan fingerprint density at radius 2 is 1.90 bits per heavy atom. The van der Waals surface area contributed by atoms with Crippen LogP contribution in [0.5, 0.6) is 5.75 Å². The number of carbonyl (C=O) groups excluding carboxylic acids is 2. The van der Waals surface area contributed by atoms with Gasteiger partial charge in [0.25, 0.3) is 5.91 Å². The predicted molar refractivity (Wildman–Crippen MR) is 74.7 cm³/mol. The summed E-state index contributed by atoms with van der Waals surface area (Å²) in [7, 11) is 0. The topological polar surface area (TPSA) is 98.7 Å². The average molecular weight is 294 g/mol. The van der Waals surface area contributed by atoms with Gasteiger partial charge in [0.1, 0.15) is 5.75 Å². The van der Waals surface area contributed by atoms with Crippen LogP contribution in [0.3, 0.4) is 0 Å². The van der Waals surface area contributed by atoms with Crippen molar-refractivity contribution < 1.29 is 24.5 Å². The number of carboxylic acid groups (broad SMARTS) is 1. The Labute approximate surface area is 123 Å². The zero-order valence-electron chi connectivity index (χ0n) is 12.2. The number of aliphatic hydroxyl groups excluding tert-OH is 1. The Bertz CT molecular complexity index is 469. The van der Waals surface area contributed by atoms with E-state index >= 15 is 0 Å². The maximum absolute atomic E-state index is 11.8. The third-order valence-corrected chi connectivity index (χ3v) is 2.85. The summed E-state index contributed by atoms with van der Waals surface area (Å²) < 4.78 is 5.52. The molecule has 0 saturated carbocycles. The van der Waals surface area contributed by atoms with Crippen molar-refractivity contribution in [3.05, 3.63) is 29.8 Å². The first-order valence-corrected chi connectivity index (χ1v) is 6.79. The number of benzene rings is 1. The largest absolute Gasteiger partial charge is 0.548 e. The van der Waals surface area contributed by atoms with E-state index in [1.54, 1.807) is 12.1 Å². The predicted octanol–water partition coefficient (Wildman–Crippen LogP) is -0.0479. The van der Waals surface area contributed by atoms with Crippen molar-refractivity contribution in [3.8, 4) is 5.75 Å². The molecule has 21 heavy (non-hydrogen) atoms. The molecule has 0 radical (unpaired) electrons. The molecule has 116 valence electrons. The van der Waals surface area contributed by atoms with Gasteiger partial charge in [0.15, 0.2) is 0 Å². The number of aliphatic carboxylic acids is 1. The Morgan fingerprint density at radius 3 is 2.38 bits per heavy atom. The molecule has 0 aliphatic heterocycles. The normalized spacial score (nSPS) is 12.0. The highest BCUT2D eigenvalue weighted by atomic mass is 16.5. The molecule has 1 rings (SSSR count). The number of rotatable bonds is 8. The maximum Gasteiger partial charge on any atom is 0.251 e. The number of aliphatic hydroxyl groups is 1. The molecule has 0 aliphatic rings. The number of ether oxygens (including phenoxy) is 1. The van der Waals surface area contributed by atoms with Crippen molar-refractivity contribution in [2.45, 2.75) is 26.3 Å². The van der Waals surface area contributed by atoms with Gasteiger partial charge in [0, 0.05) is 5.56 Å². The Kier molecular flexibility index (Phi) is 6.68. The lowest BCUT2D eigenvalue weighted by Gasteiger charge is -2.17. The number of carbonyl (C=O) groups is 2. The van der Waals surface area contributed by atoms with E-state index < -0.39 is 24.5 Å². The van der Waals surface area contributed by atoms with Gasteiger partial charge in [-0.25, -0.2) is 0 Å². The summed E-state index contributed by atoms with van der Waals surface area (Å²) in [5.74, 6) is -0.924. The van der Waals surface area contributed by atoms with Crippen LogP contribution in [0.1, 0.15) is 30.6 Å². The first kappa shape index (κ1) is 17.0. The van der Waals surface area contributed by atoms with Gasteiger partial charge in [0.05, 0.1) is 25.2 Å². The Balaban J connectivity index is 2.56. The second-order valence-electron chi connectivity index (χ2n) is 5.08. The van der Waals surface area contributed by atoms with Crippen molar-refractivity contribution in [2.75, 3.05) is 13.2 Å². The van der Waals surface area contributed by atoms with E-state index in [1.807, 2.05) is 0 Å². The van der Waals surface area contributed by atoms with Crippen molar-refractivity contribution in [2.24, 2.45) is 5.92 Å². The fourth-order valence-electron chi connectivity index (χ4n) is 1.54. The van der Waals surface area contributed by atoms with Crippen LogP contribution in [-0.4, -0.2) is 36.2 Å². The van der Waals surface area contributed by atoms with Gasteiger partial charge in [-0.1, -0.05) is 13.8 Å². The highest BCUT2D eigenvalue weighted by Gasteiger charge is 2.13. The zero-order chi connectivity index (χ0) is 15.8. The summed E-state index contributed by atoms with van der Waals surface area (Å²) in [6.45, 7) is 4.09. The third kappa shape index (κ3) is 5.83. The first-order chi connectivity index (χ1) is 9.93. The highest BCUT2D eigenvalue weighted by molar-refractivity contribution is 5.96. The van der Waals surface area contributed by atoms with Gasteiger partial charge in [-0.2, -0.15) is 0 Å². The third-order valence-electron chi connectivity index (χ3n) is 2.85. The van der Waals surface area contributed by atoms with E-state index in [4.69, 9.17) is 9.84 Å². The minimum Gasteiger partial charge on any atom is -0.548 e. The van der Waals surface area contributed by atoms with Gasteiger partial charge < -0.3 is 25.1 Å². The molecular weight excluding hydrogens is 274 g/mol. The molecule has 0 bridgehead atoms. The molecule has 0 aromatic heterocycles. The molecule has 1 atom stereocenters. The summed E-state index contributed by atoms with van der Waals surface area (Å²) in [6.07, 6.45) is 0.937. The summed E-state index contributed by atoms with van der Waals surface area (Å²) in [5, 5.41) is 21.6. The summed E-state index contributed by atoms with van der Waals surface area (Å²) in [6, 6.07) is 4.93. The van der Waals surface area contributed by atoms with E-state index in [2.05, 4.69) is 19.2 Å². The van der Waals surface area contributed by atoms with Gasteiger partial charge >= 0.3 is 0 Å². The molecular formula is C15H20NO5-. The minimum atomic E-state index is -1.53. The van der Waals surface area contributed by atoms with E-state index in [0.29, 0.717) is 18.3 Å². The molecule has 2 N–H and O–H groups in total. The zero-order valence-corrected chi connectivity index (χ0v) is 12.2. The van der Waals surface area contributed by atoms with E-state index in [-0.39, 0.29) is 5.56 Å². The molecule has 0 aliphatic carbocycles. The lowest BCUT2D eigenvalue weighted by atomic mass is 10.1. The molecule has 0 saturated heterocycles. The van der Waals surface area contributed by atoms with Gasteiger partial charge in [0.2, 0.25) is 0 Å². The van der Waals surface area contributed by atoms with E-state index in [1.165, 1.54) is 12.1 Å². The van der Waals surface area contributed by atoms with Gasteiger partial charge in [-0.05, 0) is 36.6 Å². The lowest BCUT2D eigenvalue weighted by molar-refractivity contribution is -0.308. The molecule has 0 fully saturated rings. The number of nitrogens with one attached hydrogen (secondary N) is 1. The van der Waals surface area contributed by atoms with Crippen LogP contribution >= 0.6 is 0 Å². The summed E-state index contributed by atoms with van der Waals surface area (Å²) in [4.78, 5) is 22.4. The number of carboxylic acids is 1. The van der Waals surface area contributed by atoms with Crippen LogP contribution in [0.25, 0.3) is 0 Å². The van der Waals surface area contributed by atoms with Crippen molar-refractivity contribution in [1.29, 1.82) is 0 Å². The molecule has 0 unspecified atom stereocenters. The molecule has 1 amide bonds. The van der Waals surface area contributed by atoms with Crippen LogP contribution in [-0.2, 0) is 4.79 Å². The molecule has 6 heteroatoms. The smallest absolute Gasteiger partial charge is 0.251 e. The van der Waals surface area contributed by atoms with Crippen LogP contribution < -0.4 is 15.2 Å². The minimum absolute atomic E-state index is 0.283. The number of hydrogen-bond donors (Lipinski definition) is 2. The van der Waals surface area contributed by atoms with Crippen LogP contribution in [0.15, 0.2) is 24.3 Å². The molecule has 6 nitrogen and oxygen atoms in total. The summed E-state index contributed by atoms with van der Waals surface area (Å²) >= 11 is 0. The molecule has 0 spiro atoms. The van der Waals surface area contributed by atoms with Crippen molar-refractivity contribution in [1.82, 2.24) is 5.32 Å². The monoisotopic (exact) mass is 294 g/mol.